The van der Waals surface area contributed by atoms with Crippen LogP contribution in [0, 0.1) is 28.6 Å². The molecule has 0 bridgehead atoms. The van der Waals surface area contributed by atoms with Gasteiger partial charge in [-0.25, -0.2) is 0 Å². The topological polar surface area (TPSA) is 173 Å². The molecule has 6 N–H and O–H groups in total. The lowest BCUT2D eigenvalue weighted by Gasteiger charge is -2.61. The summed E-state index contributed by atoms with van der Waals surface area (Å²) in [5, 5.41) is 62.6. The predicted octanol–water partition coefficient (Wildman–Crippen LogP) is -1.43. The normalized spacial score (nSPS) is 46.5. The number of hydrogen-bond donors (Lipinski definition) is 6. The highest BCUT2D eigenvalue weighted by Crippen LogP contribution is 2.68. The Morgan fingerprint density at radius 2 is 1.73 bits per heavy atom. The average molecular weight is 424 g/mol. The van der Waals surface area contributed by atoms with Crippen LogP contribution in [0.3, 0.4) is 0 Å². The summed E-state index contributed by atoms with van der Waals surface area (Å²) in [5.74, 6) is -11.1. The smallest absolute Gasteiger partial charge is 0.284 e. The molecule has 4 rings (SSSR count). The van der Waals surface area contributed by atoms with Crippen molar-refractivity contribution in [3.8, 4) is 0 Å². The molecule has 0 heterocycles. The van der Waals surface area contributed by atoms with E-state index >= 15 is 0 Å². The summed E-state index contributed by atoms with van der Waals surface area (Å²) in [4.78, 5) is 37.9. The molecule has 4 aliphatic carbocycles. The lowest BCUT2D eigenvalue weighted by molar-refractivity contribution is -0.383. The number of carbonyl (C=O) groups excluding carboxylic acids is 3. The van der Waals surface area contributed by atoms with E-state index in [0.29, 0.717) is 12.8 Å². The van der Waals surface area contributed by atoms with Crippen molar-refractivity contribution in [2.24, 2.45) is 28.6 Å². The molecule has 0 amide bonds. The number of aliphatic hydroxyl groups is 6. The summed E-state index contributed by atoms with van der Waals surface area (Å²) in [7, 11) is 0. The molecule has 9 heteroatoms. The monoisotopic (exact) mass is 424 g/mol. The van der Waals surface area contributed by atoms with Crippen molar-refractivity contribution in [2.45, 2.75) is 63.1 Å². The summed E-state index contributed by atoms with van der Waals surface area (Å²) >= 11 is 0. The van der Waals surface area contributed by atoms with E-state index in [1.807, 2.05) is 0 Å². The van der Waals surface area contributed by atoms with Crippen LogP contribution in [-0.4, -0.2) is 71.8 Å². The first kappa shape index (κ1) is 21.7. The van der Waals surface area contributed by atoms with Crippen molar-refractivity contribution < 1.29 is 45.0 Å². The number of ketones is 3. The molecule has 3 saturated carbocycles. The molecule has 3 fully saturated rings. The van der Waals surface area contributed by atoms with Crippen LogP contribution in [0.1, 0.15) is 46.0 Å². The standard InChI is InChI=1S/C21H28O9/c1-17-8-13(23)16-11(12(17)5-6-19(17,26)15(25)9-22)4-3-10-7-14(24)20(27,28)21(29,30)18(10,16)2/h7,11-12,16,22,26-30H,3-6,8-9H2,1-2H3/t11-,12-,16+,17-,18-,19-/m0/s1. The van der Waals surface area contributed by atoms with Crippen LogP contribution >= 0.6 is 0 Å². The Morgan fingerprint density at radius 3 is 2.33 bits per heavy atom. The highest BCUT2D eigenvalue weighted by Gasteiger charge is 2.75. The first-order valence-electron chi connectivity index (χ1n) is 10.2. The van der Waals surface area contributed by atoms with E-state index in [1.165, 1.54) is 6.92 Å². The maximum Gasteiger partial charge on any atom is 0.284 e. The number of carbonyl (C=O) groups is 3. The Morgan fingerprint density at radius 1 is 1.10 bits per heavy atom. The first-order chi connectivity index (χ1) is 13.7. The van der Waals surface area contributed by atoms with Gasteiger partial charge in [0.2, 0.25) is 11.6 Å². The Bertz CT molecular complexity index is 874. The third kappa shape index (κ3) is 2.15. The van der Waals surface area contributed by atoms with E-state index in [0.717, 1.165) is 6.08 Å². The first-order valence-corrected chi connectivity index (χ1v) is 10.2. The Kier molecular flexibility index (Phi) is 4.39. The van der Waals surface area contributed by atoms with Crippen LogP contribution in [0.4, 0.5) is 0 Å². The van der Waals surface area contributed by atoms with Gasteiger partial charge in [-0.1, -0.05) is 12.5 Å². The minimum absolute atomic E-state index is 0.0787. The van der Waals surface area contributed by atoms with E-state index in [4.69, 9.17) is 0 Å². The van der Waals surface area contributed by atoms with Crippen LogP contribution < -0.4 is 0 Å². The molecule has 166 valence electrons. The maximum atomic E-state index is 13.4. The van der Waals surface area contributed by atoms with Gasteiger partial charge in [0.25, 0.3) is 5.79 Å². The molecule has 0 aromatic rings. The van der Waals surface area contributed by atoms with Crippen molar-refractivity contribution in [2.75, 3.05) is 6.61 Å². The highest BCUT2D eigenvalue weighted by molar-refractivity contribution is 5.99. The quantitative estimate of drug-likeness (QED) is 0.291. The van der Waals surface area contributed by atoms with Crippen LogP contribution in [0.5, 0.6) is 0 Å². The molecule has 0 unspecified atom stereocenters. The van der Waals surface area contributed by atoms with Crippen LogP contribution in [0.25, 0.3) is 0 Å². The number of fused-ring (bicyclic) bond motifs is 5. The summed E-state index contributed by atoms with van der Waals surface area (Å²) in [6, 6.07) is 0. The lowest BCUT2D eigenvalue weighted by Crippen LogP contribution is -2.74. The van der Waals surface area contributed by atoms with Gasteiger partial charge < -0.3 is 30.6 Å². The van der Waals surface area contributed by atoms with Crippen LogP contribution in [-0.2, 0) is 14.4 Å². The molecule has 0 aromatic heterocycles. The summed E-state index contributed by atoms with van der Waals surface area (Å²) in [6.45, 7) is 2.16. The largest absolute Gasteiger partial charge is 0.388 e. The molecule has 4 aliphatic rings. The minimum Gasteiger partial charge on any atom is -0.388 e. The van der Waals surface area contributed by atoms with Gasteiger partial charge in [0, 0.05) is 17.8 Å². The SMILES string of the molecule is C[C@@]12C(=CC(=O)C(O)(O)C1(O)O)CC[C@@H]1[C@@H]2C(=O)C[C@@]2(C)[C@H]1CC[C@]2(O)C(=O)CO. The number of rotatable bonds is 2. The van der Waals surface area contributed by atoms with Crippen LogP contribution in [0.15, 0.2) is 11.6 Å². The zero-order chi connectivity index (χ0) is 22.5. The Balaban J connectivity index is 1.84. The van der Waals surface area contributed by atoms with E-state index in [2.05, 4.69) is 0 Å². The summed E-state index contributed by atoms with van der Waals surface area (Å²) in [6.07, 6.45) is 1.87. The fraction of sp³-hybridized carbons (Fsp3) is 0.762. The minimum atomic E-state index is -3.47. The molecule has 0 aromatic carbocycles. The van der Waals surface area contributed by atoms with E-state index in [9.17, 15) is 45.0 Å². The van der Waals surface area contributed by atoms with Crippen molar-refractivity contribution in [1.82, 2.24) is 0 Å². The Hall–Kier alpha value is -1.49. The Labute approximate surface area is 173 Å². The molecule has 0 spiro atoms. The predicted molar refractivity (Wildman–Crippen MR) is 99.2 cm³/mol. The molecule has 30 heavy (non-hydrogen) atoms. The summed E-state index contributed by atoms with van der Waals surface area (Å²) < 4.78 is 0. The van der Waals surface area contributed by atoms with E-state index in [1.54, 1.807) is 6.92 Å². The van der Waals surface area contributed by atoms with Gasteiger partial charge >= 0.3 is 0 Å². The molecule has 0 saturated heterocycles. The summed E-state index contributed by atoms with van der Waals surface area (Å²) in [5.41, 5.74) is -4.54. The average Bonchev–Trinajstić information content (AvgIpc) is 2.93. The fourth-order valence-corrected chi connectivity index (χ4v) is 7.13. The second-order valence-corrected chi connectivity index (χ2v) is 9.91. The zero-order valence-corrected chi connectivity index (χ0v) is 17.0. The van der Waals surface area contributed by atoms with Gasteiger partial charge in [0.15, 0.2) is 5.78 Å². The fourth-order valence-electron chi connectivity index (χ4n) is 7.13. The molecule has 9 nitrogen and oxygen atoms in total. The number of aliphatic hydroxyl groups excluding tert-OH is 1. The molecule has 6 atom stereocenters. The maximum absolute atomic E-state index is 13.4. The van der Waals surface area contributed by atoms with Gasteiger partial charge in [-0.2, -0.15) is 0 Å². The number of hydrogen-bond acceptors (Lipinski definition) is 9. The van der Waals surface area contributed by atoms with Gasteiger partial charge in [-0.3, -0.25) is 14.4 Å². The van der Waals surface area contributed by atoms with Crippen molar-refractivity contribution in [3.63, 3.8) is 0 Å². The third-order valence-electron chi connectivity index (χ3n) is 8.91. The second kappa shape index (κ2) is 6.05. The van der Waals surface area contributed by atoms with Gasteiger partial charge in [-0.15, -0.1) is 0 Å². The second-order valence-electron chi connectivity index (χ2n) is 9.91. The van der Waals surface area contributed by atoms with E-state index < -0.39 is 63.8 Å². The van der Waals surface area contributed by atoms with Gasteiger partial charge in [0.1, 0.15) is 18.0 Å². The molecule has 0 aliphatic heterocycles. The van der Waals surface area contributed by atoms with Crippen LogP contribution in [0.2, 0.25) is 0 Å². The molecular weight excluding hydrogens is 396 g/mol. The molecule has 0 radical (unpaired) electrons. The van der Waals surface area contributed by atoms with Gasteiger partial charge in [-0.05, 0) is 50.5 Å². The van der Waals surface area contributed by atoms with Crippen molar-refractivity contribution in [1.29, 1.82) is 0 Å². The zero-order valence-electron chi connectivity index (χ0n) is 17.0. The lowest BCUT2D eigenvalue weighted by atomic mass is 9.44. The number of Topliss-reactive ketones (excluding diaryl/α,β-unsaturated/α-hetero) is 2. The van der Waals surface area contributed by atoms with Crippen molar-refractivity contribution >= 4 is 17.3 Å². The van der Waals surface area contributed by atoms with Gasteiger partial charge in [0.05, 0.1) is 5.41 Å². The third-order valence-corrected chi connectivity index (χ3v) is 8.91. The molecular formula is C21H28O9. The highest BCUT2D eigenvalue weighted by atomic mass is 16.6. The van der Waals surface area contributed by atoms with E-state index in [-0.39, 0.29) is 30.8 Å². The van der Waals surface area contributed by atoms with Crippen molar-refractivity contribution in [3.05, 3.63) is 11.6 Å².